The highest BCUT2D eigenvalue weighted by Gasteiger charge is 2.24. The summed E-state index contributed by atoms with van der Waals surface area (Å²) >= 11 is 3.63. The van der Waals surface area contributed by atoms with Gasteiger partial charge in [-0.05, 0) is 60.5 Å². The number of pyridine rings is 1. The van der Waals surface area contributed by atoms with Crippen LogP contribution in [0.2, 0.25) is 0 Å². The van der Waals surface area contributed by atoms with Crippen LogP contribution in [0.5, 0.6) is 0 Å². The van der Waals surface area contributed by atoms with Gasteiger partial charge in [-0.15, -0.1) is 0 Å². The number of aromatic amines is 1. The van der Waals surface area contributed by atoms with E-state index in [4.69, 9.17) is 0 Å². The third kappa shape index (κ3) is 3.80. The molecule has 3 aromatic rings. The number of nitrogens with one attached hydrogen (secondary N) is 2. The van der Waals surface area contributed by atoms with Crippen LogP contribution in [-0.2, 0) is 0 Å². The second-order valence-corrected chi connectivity index (χ2v) is 7.94. The Kier molecular flexibility index (Phi) is 5.17. The van der Waals surface area contributed by atoms with E-state index in [1.807, 2.05) is 25.1 Å². The minimum Gasteiger partial charge on any atom is -0.368 e. The number of aryl methyl sites for hydroxylation is 1. The molecule has 6 nitrogen and oxygen atoms in total. The lowest BCUT2D eigenvalue weighted by atomic mass is 10.2. The zero-order valence-corrected chi connectivity index (χ0v) is 17.5. The highest BCUT2D eigenvalue weighted by Crippen LogP contribution is 2.29. The van der Waals surface area contributed by atoms with Crippen LogP contribution in [0.1, 0.15) is 17.7 Å². The van der Waals surface area contributed by atoms with Crippen molar-refractivity contribution in [2.45, 2.75) is 26.3 Å². The monoisotopic (exact) mass is 439 g/mol. The van der Waals surface area contributed by atoms with E-state index in [1.165, 1.54) is 5.69 Å². The molecule has 2 N–H and O–H groups in total. The highest BCUT2D eigenvalue weighted by atomic mass is 79.9. The van der Waals surface area contributed by atoms with Crippen molar-refractivity contribution in [1.82, 2.24) is 15.0 Å². The second kappa shape index (κ2) is 7.75. The molecule has 3 heterocycles. The zero-order valence-electron chi connectivity index (χ0n) is 15.9. The lowest BCUT2D eigenvalue weighted by molar-refractivity contribution is 0.800. The summed E-state index contributed by atoms with van der Waals surface area (Å²) in [5.74, 6) is 1.38. The average molecular weight is 440 g/mol. The van der Waals surface area contributed by atoms with E-state index in [9.17, 15) is 4.79 Å². The predicted molar refractivity (Wildman–Crippen MR) is 116 cm³/mol. The summed E-state index contributed by atoms with van der Waals surface area (Å²) in [4.78, 5) is 26.1. The SMILES string of the molecule is Cc1nc(-c2ccc(NC3CCN(c4ccccc4Br)C3)nc2)[nH]c(=O)c1C. The molecule has 1 aliphatic heterocycles. The summed E-state index contributed by atoms with van der Waals surface area (Å²) in [7, 11) is 0. The Morgan fingerprint density at radius 1 is 1.21 bits per heavy atom. The molecule has 1 atom stereocenters. The molecule has 1 aromatic carbocycles. The van der Waals surface area contributed by atoms with Gasteiger partial charge < -0.3 is 15.2 Å². The molecule has 0 spiro atoms. The number of H-pyrrole nitrogens is 1. The number of aromatic nitrogens is 3. The molecule has 0 saturated carbocycles. The Hall–Kier alpha value is -2.67. The smallest absolute Gasteiger partial charge is 0.254 e. The van der Waals surface area contributed by atoms with Crippen LogP contribution in [0.25, 0.3) is 11.4 Å². The van der Waals surface area contributed by atoms with E-state index >= 15 is 0 Å². The van der Waals surface area contributed by atoms with Crippen molar-refractivity contribution in [1.29, 1.82) is 0 Å². The van der Waals surface area contributed by atoms with E-state index in [-0.39, 0.29) is 5.56 Å². The Morgan fingerprint density at radius 2 is 2.04 bits per heavy atom. The first-order chi connectivity index (χ1) is 13.5. The van der Waals surface area contributed by atoms with Crippen LogP contribution in [0.4, 0.5) is 11.5 Å². The molecule has 1 fully saturated rings. The molecular weight excluding hydrogens is 418 g/mol. The number of hydrogen-bond acceptors (Lipinski definition) is 5. The molecule has 1 aliphatic rings. The fraction of sp³-hybridized carbons (Fsp3) is 0.286. The van der Waals surface area contributed by atoms with Gasteiger partial charge in [0.2, 0.25) is 0 Å². The number of para-hydroxylation sites is 1. The molecule has 2 aromatic heterocycles. The van der Waals surface area contributed by atoms with Crippen molar-refractivity contribution in [3.05, 3.63) is 68.7 Å². The molecule has 4 rings (SSSR count). The molecule has 0 radical (unpaired) electrons. The van der Waals surface area contributed by atoms with E-state index in [1.54, 1.807) is 13.1 Å². The minimum atomic E-state index is -0.108. The molecule has 28 heavy (non-hydrogen) atoms. The Balaban J connectivity index is 1.44. The molecule has 0 aliphatic carbocycles. The molecule has 0 amide bonds. The first-order valence-corrected chi connectivity index (χ1v) is 10.1. The molecule has 1 unspecified atom stereocenters. The summed E-state index contributed by atoms with van der Waals surface area (Å²) in [5, 5.41) is 3.51. The fourth-order valence-corrected chi connectivity index (χ4v) is 3.95. The third-order valence-corrected chi connectivity index (χ3v) is 5.84. The average Bonchev–Trinajstić information content (AvgIpc) is 3.15. The van der Waals surface area contributed by atoms with Crippen molar-refractivity contribution in [2.24, 2.45) is 0 Å². The van der Waals surface area contributed by atoms with E-state index in [0.29, 0.717) is 17.4 Å². The first-order valence-electron chi connectivity index (χ1n) is 9.31. The number of rotatable bonds is 4. The van der Waals surface area contributed by atoms with Gasteiger partial charge in [0.1, 0.15) is 11.6 Å². The minimum absolute atomic E-state index is 0.108. The lowest BCUT2D eigenvalue weighted by Gasteiger charge is -2.20. The summed E-state index contributed by atoms with van der Waals surface area (Å²) in [6.45, 7) is 5.55. The maximum Gasteiger partial charge on any atom is 0.254 e. The topological polar surface area (TPSA) is 73.9 Å². The predicted octanol–water partition coefficient (Wildman–Crippen LogP) is 3.90. The fourth-order valence-electron chi connectivity index (χ4n) is 3.42. The van der Waals surface area contributed by atoms with Crippen LogP contribution in [0.3, 0.4) is 0 Å². The van der Waals surface area contributed by atoms with E-state index < -0.39 is 0 Å². The largest absolute Gasteiger partial charge is 0.368 e. The van der Waals surface area contributed by atoms with Crippen LogP contribution in [-0.4, -0.2) is 34.1 Å². The van der Waals surface area contributed by atoms with Crippen molar-refractivity contribution < 1.29 is 0 Å². The van der Waals surface area contributed by atoms with Crippen molar-refractivity contribution in [3.63, 3.8) is 0 Å². The maximum atomic E-state index is 12.0. The standard InChI is InChI=1S/C21H22BrN5O/c1-13-14(2)24-20(26-21(13)28)15-7-8-19(23-11-15)25-16-9-10-27(12-16)18-6-4-3-5-17(18)22/h3-8,11,16H,9-10,12H2,1-2H3,(H,23,25)(H,24,26,28). The highest BCUT2D eigenvalue weighted by molar-refractivity contribution is 9.10. The maximum absolute atomic E-state index is 12.0. The van der Waals surface area contributed by atoms with Gasteiger partial charge in [0.25, 0.3) is 5.56 Å². The van der Waals surface area contributed by atoms with Crippen LogP contribution < -0.4 is 15.8 Å². The number of nitrogens with zero attached hydrogens (tertiary/aromatic N) is 3. The Bertz CT molecular complexity index is 1050. The van der Waals surface area contributed by atoms with Crippen molar-refractivity contribution in [3.8, 4) is 11.4 Å². The van der Waals surface area contributed by atoms with Gasteiger partial charge in [-0.25, -0.2) is 9.97 Å². The molecule has 7 heteroatoms. The number of anilines is 2. The molecule has 144 valence electrons. The quantitative estimate of drug-likeness (QED) is 0.644. The third-order valence-electron chi connectivity index (χ3n) is 5.17. The number of benzene rings is 1. The second-order valence-electron chi connectivity index (χ2n) is 7.08. The summed E-state index contributed by atoms with van der Waals surface area (Å²) in [6, 6.07) is 12.5. The van der Waals surface area contributed by atoms with Gasteiger partial charge in [0, 0.05) is 46.6 Å². The summed E-state index contributed by atoms with van der Waals surface area (Å²) in [5.41, 5.74) is 3.29. The summed E-state index contributed by atoms with van der Waals surface area (Å²) in [6.07, 6.45) is 2.80. The van der Waals surface area contributed by atoms with Gasteiger partial charge in [-0.2, -0.15) is 0 Å². The van der Waals surface area contributed by atoms with Gasteiger partial charge in [0.05, 0.1) is 5.69 Å². The van der Waals surface area contributed by atoms with Gasteiger partial charge in [-0.3, -0.25) is 4.79 Å². The molecule has 1 saturated heterocycles. The molecule has 0 bridgehead atoms. The Labute approximate surface area is 172 Å². The van der Waals surface area contributed by atoms with Crippen LogP contribution in [0, 0.1) is 13.8 Å². The lowest BCUT2D eigenvalue weighted by Crippen LogP contribution is -2.26. The van der Waals surface area contributed by atoms with Crippen LogP contribution in [0.15, 0.2) is 51.9 Å². The Morgan fingerprint density at radius 3 is 2.75 bits per heavy atom. The number of hydrogen-bond donors (Lipinski definition) is 2. The van der Waals surface area contributed by atoms with Crippen LogP contribution >= 0.6 is 15.9 Å². The van der Waals surface area contributed by atoms with Gasteiger partial charge in [0.15, 0.2) is 0 Å². The first kappa shape index (κ1) is 18.7. The van der Waals surface area contributed by atoms with E-state index in [2.05, 4.69) is 59.3 Å². The van der Waals surface area contributed by atoms with Crippen molar-refractivity contribution >= 4 is 27.4 Å². The van der Waals surface area contributed by atoms with E-state index in [0.717, 1.165) is 41.1 Å². The summed E-state index contributed by atoms with van der Waals surface area (Å²) < 4.78 is 1.12. The van der Waals surface area contributed by atoms with Crippen molar-refractivity contribution in [2.75, 3.05) is 23.3 Å². The zero-order chi connectivity index (χ0) is 19.7. The normalized spacial score (nSPS) is 16.4. The van der Waals surface area contributed by atoms with Gasteiger partial charge >= 0.3 is 0 Å². The van der Waals surface area contributed by atoms with Gasteiger partial charge in [-0.1, -0.05) is 12.1 Å². The number of halogens is 1. The molecular formula is C21H22BrN5O.